The van der Waals surface area contributed by atoms with Crippen molar-refractivity contribution in [3.05, 3.63) is 64.0 Å². The van der Waals surface area contributed by atoms with Crippen molar-refractivity contribution in [2.45, 2.75) is 11.8 Å². The van der Waals surface area contributed by atoms with Gasteiger partial charge >= 0.3 is 5.97 Å². The molecule has 1 aromatic carbocycles. The maximum Gasteiger partial charge on any atom is 0.341 e. The third kappa shape index (κ3) is 3.90. The second-order valence-electron chi connectivity index (χ2n) is 6.14. The van der Waals surface area contributed by atoms with Crippen LogP contribution in [0.3, 0.4) is 0 Å². The highest BCUT2D eigenvalue weighted by Crippen LogP contribution is 2.44. The van der Waals surface area contributed by atoms with E-state index >= 15 is 0 Å². The van der Waals surface area contributed by atoms with Gasteiger partial charge in [-0.3, -0.25) is 4.79 Å². The fourth-order valence-electron chi connectivity index (χ4n) is 3.04. The van der Waals surface area contributed by atoms with Crippen LogP contribution in [0.2, 0.25) is 0 Å². The Morgan fingerprint density at radius 2 is 2.14 bits per heavy atom. The van der Waals surface area contributed by atoms with Gasteiger partial charge in [-0.25, -0.2) is 9.48 Å². The van der Waals surface area contributed by atoms with Crippen LogP contribution in [0.4, 0.5) is 5.82 Å². The lowest BCUT2D eigenvalue weighted by Crippen LogP contribution is -2.16. The largest absolute Gasteiger partial charge is 0.482 e. The van der Waals surface area contributed by atoms with Gasteiger partial charge in [-0.05, 0) is 17.5 Å². The van der Waals surface area contributed by atoms with Crippen molar-refractivity contribution >= 4 is 40.8 Å². The Kier molecular flexibility index (Phi) is 5.36. The number of carboxylic acid groups (broad SMARTS) is 1. The maximum absolute atomic E-state index is 12.3. The number of benzene rings is 1. The number of nitrogens with zero attached hydrogens (tertiary/aromatic N) is 2. The lowest BCUT2D eigenvalue weighted by atomic mass is 10.1. The highest BCUT2D eigenvalue weighted by atomic mass is 32.2. The molecule has 0 fully saturated rings. The monoisotopic (exact) mass is 415 g/mol. The van der Waals surface area contributed by atoms with E-state index in [9.17, 15) is 9.59 Å². The molecule has 4 rings (SSSR count). The molecule has 2 aromatic heterocycles. The predicted molar refractivity (Wildman–Crippen MR) is 108 cm³/mol. The lowest BCUT2D eigenvalue weighted by molar-refractivity contribution is -0.139. The highest BCUT2D eigenvalue weighted by Gasteiger charge is 2.29. The van der Waals surface area contributed by atoms with Crippen LogP contribution in [0.15, 0.2) is 48.0 Å². The standard InChI is InChI=1S/C19H17N3O4S2/c23-16-11-28-18(13-5-1-2-6-15(13)26-10-17(24)25)14-8-20-22(19(14)21-16)9-12-4-3-7-27-12/h1-8,18H,9-11H2,(H,21,23)(H,24,25). The average molecular weight is 415 g/mol. The number of carboxylic acids is 1. The average Bonchev–Trinajstić information content (AvgIpc) is 3.29. The van der Waals surface area contributed by atoms with Crippen molar-refractivity contribution in [1.82, 2.24) is 9.78 Å². The Morgan fingerprint density at radius 1 is 1.29 bits per heavy atom. The van der Waals surface area contributed by atoms with Crippen LogP contribution < -0.4 is 10.1 Å². The fraction of sp³-hybridized carbons (Fsp3) is 0.211. The molecule has 0 saturated heterocycles. The van der Waals surface area contributed by atoms with Gasteiger partial charge in [0.25, 0.3) is 0 Å². The first-order valence-electron chi connectivity index (χ1n) is 8.55. The molecule has 1 amide bonds. The Morgan fingerprint density at radius 3 is 2.93 bits per heavy atom. The second kappa shape index (κ2) is 8.07. The van der Waals surface area contributed by atoms with E-state index in [1.165, 1.54) is 11.8 Å². The molecule has 9 heteroatoms. The molecule has 0 radical (unpaired) electrons. The minimum atomic E-state index is -1.04. The first-order chi connectivity index (χ1) is 13.6. The van der Waals surface area contributed by atoms with E-state index in [-0.39, 0.29) is 16.9 Å². The normalized spacial score (nSPS) is 16.1. The van der Waals surface area contributed by atoms with Gasteiger partial charge in [-0.2, -0.15) is 5.10 Å². The van der Waals surface area contributed by atoms with Gasteiger partial charge in [-0.15, -0.1) is 23.1 Å². The number of hydrogen-bond acceptors (Lipinski definition) is 6. The Bertz CT molecular complexity index is 1000. The summed E-state index contributed by atoms with van der Waals surface area (Å²) in [5.74, 6) is 0.316. The van der Waals surface area contributed by atoms with Crippen molar-refractivity contribution < 1.29 is 19.4 Å². The number of anilines is 1. The van der Waals surface area contributed by atoms with E-state index in [2.05, 4.69) is 10.4 Å². The van der Waals surface area contributed by atoms with E-state index in [0.29, 0.717) is 18.1 Å². The van der Waals surface area contributed by atoms with Crippen molar-refractivity contribution in [2.24, 2.45) is 0 Å². The summed E-state index contributed by atoms with van der Waals surface area (Å²) in [6.45, 7) is 0.151. The topological polar surface area (TPSA) is 93.4 Å². The molecule has 28 heavy (non-hydrogen) atoms. The molecule has 144 valence electrons. The van der Waals surface area contributed by atoms with Crippen LogP contribution in [-0.2, 0) is 16.1 Å². The molecule has 0 spiro atoms. The van der Waals surface area contributed by atoms with E-state index in [0.717, 1.165) is 16.0 Å². The van der Waals surface area contributed by atoms with Crippen LogP contribution in [0.25, 0.3) is 0 Å². The number of fused-ring (bicyclic) bond motifs is 1. The van der Waals surface area contributed by atoms with E-state index in [1.54, 1.807) is 34.3 Å². The number of thiophene rings is 1. The quantitative estimate of drug-likeness (QED) is 0.642. The Hall–Kier alpha value is -2.78. The zero-order chi connectivity index (χ0) is 19.5. The smallest absolute Gasteiger partial charge is 0.341 e. The van der Waals surface area contributed by atoms with Crippen LogP contribution >= 0.6 is 23.1 Å². The summed E-state index contributed by atoms with van der Waals surface area (Å²) < 4.78 is 7.27. The van der Waals surface area contributed by atoms with Crippen molar-refractivity contribution in [3.63, 3.8) is 0 Å². The van der Waals surface area contributed by atoms with E-state index in [4.69, 9.17) is 9.84 Å². The summed E-state index contributed by atoms with van der Waals surface area (Å²) in [4.78, 5) is 24.3. The van der Waals surface area contributed by atoms with Crippen LogP contribution in [0.1, 0.15) is 21.3 Å². The molecule has 0 bridgehead atoms. The number of ether oxygens (including phenoxy) is 1. The van der Waals surface area contributed by atoms with Gasteiger partial charge in [0.15, 0.2) is 6.61 Å². The number of amides is 1. The second-order valence-corrected chi connectivity index (χ2v) is 8.27. The molecule has 1 atom stereocenters. The molecular weight excluding hydrogens is 398 g/mol. The first-order valence-corrected chi connectivity index (χ1v) is 10.5. The minimum Gasteiger partial charge on any atom is -0.482 e. The number of aromatic nitrogens is 2. The SMILES string of the molecule is O=C(O)COc1ccccc1C1SCC(=O)Nc2c1cnn2Cc1cccs1. The number of rotatable bonds is 6. The Balaban J connectivity index is 1.71. The van der Waals surface area contributed by atoms with Gasteiger partial charge < -0.3 is 15.2 Å². The molecule has 2 N–H and O–H groups in total. The molecule has 1 unspecified atom stereocenters. The number of thioether (sulfide) groups is 1. The predicted octanol–water partition coefficient (Wildman–Crippen LogP) is 3.23. The van der Waals surface area contributed by atoms with Crippen molar-refractivity contribution in [1.29, 1.82) is 0 Å². The summed E-state index contributed by atoms with van der Waals surface area (Å²) in [7, 11) is 0. The molecule has 0 aliphatic carbocycles. The summed E-state index contributed by atoms with van der Waals surface area (Å²) >= 11 is 3.10. The molecule has 7 nitrogen and oxygen atoms in total. The number of carbonyl (C=O) groups excluding carboxylic acids is 1. The van der Waals surface area contributed by atoms with Gasteiger partial charge in [0.2, 0.25) is 5.91 Å². The molecule has 1 aliphatic rings. The van der Waals surface area contributed by atoms with Crippen LogP contribution in [0.5, 0.6) is 5.75 Å². The van der Waals surface area contributed by atoms with Gasteiger partial charge in [0.05, 0.1) is 23.7 Å². The number of nitrogens with one attached hydrogen (secondary N) is 1. The Labute approximate surface area is 169 Å². The zero-order valence-corrected chi connectivity index (χ0v) is 16.3. The van der Waals surface area contributed by atoms with Crippen molar-refractivity contribution in [3.8, 4) is 5.75 Å². The van der Waals surface area contributed by atoms with Crippen LogP contribution in [0, 0.1) is 0 Å². The fourth-order valence-corrected chi connectivity index (χ4v) is 4.84. The first kappa shape index (κ1) is 18.6. The molecule has 1 aliphatic heterocycles. The molecule has 3 heterocycles. The summed E-state index contributed by atoms with van der Waals surface area (Å²) in [5.41, 5.74) is 1.70. The third-order valence-corrected chi connectivity index (χ3v) is 6.36. The summed E-state index contributed by atoms with van der Waals surface area (Å²) in [6, 6.07) is 11.3. The minimum absolute atomic E-state index is 0.0920. The van der Waals surface area contributed by atoms with E-state index < -0.39 is 12.6 Å². The summed E-state index contributed by atoms with van der Waals surface area (Å²) in [6.07, 6.45) is 1.76. The number of carbonyl (C=O) groups is 2. The van der Waals surface area contributed by atoms with Gasteiger partial charge in [-0.1, -0.05) is 24.3 Å². The molecule has 0 saturated carbocycles. The zero-order valence-electron chi connectivity index (χ0n) is 14.7. The number of para-hydroxylation sites is 1. The number of aliphatic carboxylic acids is 1. The maximum atomic E-state index is 12.3. The van der Waals surface area contributed by atoms with Crippen LogP contribution in [-0.4, -0.2) is 39.1 Å². The van der Waals surface area contributed by atoms with Gasteiger partial charge in [0, 0.05) is 16.0 Å². The van der Waals surface area contributed by atoms with E-state index in [1.807, 2.05) is 29.6 Å². The van der Waals surface area contributed by atoms with Gasteiger partial charge in [0.1, 0.15) is 11.6 Å². The summed E-state index contributed by atoms with van der Waals surface area (Å²) in [5, 5.41) is 18.2. The number of hydrogen-bond donors (Lipinski definition) is 2. The third-order valence-electron chi connectivity index (χ3n) is 4.23. The highest BCUT2D eigenvalue weighted by molar-refractivity contribution is 8.00. The molecular formula is C19H17N3O4S2. The molecule has 3 aromatic rings. The van der Waals surface area contributed by atoms with Crippen molar-refractivity contribution in [2.75, 3.05) is 17.7 Å². The lowest BCUT2D eigenvalue weighted by Gasteiger charge is -2.18.